The van der Waals surface area contributed by atoms with Crippen LogP contribution in [0, 0.1) is 6.92 Å². The van der Waals surface area contributed by atoms with Gasteiger partial charge in [-0.25, -0.2) is 13.1 Å². The fourth-order valence-electron chi connectivity index (χ4n) is 1.77. The number of nitrogens with one attached hydrogen (secondary N) is 2. The summed E-state index contributed by atoms with van der Waals surface area (Å²) in [6.07, 6.45) is 3.52. The van der Waals surface area contributed by atoms with Crippen molar-refractivity contribution >= 4 is 10.0 Å². The Balaban J connectivity index is 2.32. The molecule has 0 aromatic carbocycles. The molecule has 0 aliphatic rings. The molecule has 1 rings (SSSR count). The Hall–Kier alpha value is -0.920. The van der Waals surface area contributed by atoms with E-state index in [2.05, 4.69) is 22.1 Å². The SMILES string of the molecule is CCCNCCCS(=O)(=O)NCc1cn(C)nc1C. The number of aromatic nitrogens is 2. The van der Waals surface area contributed by atoms with Gasteiger partial charge in [-0.05, 0) is 32.9 Å². The van der Waals surface area contributed by atoms with E-state index in [9.17, 15) is 8.42 Å². The molecule has 0 fully saturated rings. The van der Waals surface area contributed by atoms with E-state index in [4.69, 9.17) is 0 Å². The molecule has 0 unspecified atom stereocenters. The maximum atomic E-state index is 11.8. The van der Waals surface area contributed by atoms with E-state index in [-0.39, 0.29) is 5.75 Å². The molecule has 0 aliphatic heterocycles. The third kappa shape index (κ3) is 6.17. The van der Waals surface area contributed by atoms with Crippen molar-refractivity contribution in [3.05, 3.63) is 17.5 Å². The van der Waals surface area contributed by atoms with Gasteiger partial charge in [0.25, 0.3) is 0 Å². The van der Waals surface area contributed by atoms with E-state index < -0.39 is 10.0 Å². The summed E-state index contributed by atoms with van der Waals surface area (Å²) in [6, 6.07) is 0. The molecule has 7 heteroatoms. The van der Waals surface area contributed by atoms with Crippen molar-refractivity contribution < 1.29 is 8.42 Å². The molecule has 0 aliphatic carbocycles. The molecule has 0 saturated carbocycles. The zero-order valence-electron chi connectivity index (χ0n) is 11.9. The minimum Gasteiger partial charge on any atom is -0.317 e. The normalized spacial score (nSPS) is 11.9. The van der Waals surface area contributed by atoms with Gasteiger partial charge in [-0.1, -0.05) is 6.92 Å². The number of hydrogen-bond acceptors (Lipinski definition) is 4. The quantitative estimate of drug-likeness (QED) is 0.650. The number of hydrogen-bond donors (Lipinski definition) is 2. The molecule has 1 aromatic heterocycles. The largest absolute Gasteiger partial charge is 0.317 e. The van der Waals surface area contributed by atoms with Gasteiger partial charge in [-0.3, -0.25) is 4.68 Å². The second kappa shape index (κ2) is 7.62. The summed E-state index contributed by atoms with van der Waals surface area (Å²) in [5.74, 6) is 0.156. The summed E-state index contributed by atoms with van der Waals surface area (Å²) in [5.41, 5.74) is 1.77. The van der Waals surface area contributed by atoms with Gasteiger partial charge in [-0.15, -0.1) is 0 Å². The van der Waals surface area contributed by atoms with Crippen LogP contribution in [0.25, 0.3) is 0 Å². The topological polar surface area (TPSA) is 76.0 Å². The van der Waals surface area contributed by atoms with E-state index in [1.54, 1.807) is 4.68 Å². The lowest BCUT2D eigenvalue weighted by Gasteiger charge is -2.06. The van der Waals surface area contributed by atoms with Gasteiger partial charge in [0.1, 0.15) is 0 Å². The van der Waals surface area contributed by atoms with Crippen LogP contribution < -0.4 is 10.0 Å². The molecule has 0 bridgehead atoms. The molecule has 0 spiro atoms. The summed E-state index contributed by atoms with van der Waals surface area (Å²) >= 11 is 0. The number of rotatable bonds is 9. The summed E-state index contributed by atoms with van der Waals surface area (Å²) in [5, 5.41) is 7.37. The third-order valence-corrected chi connectivity index (χ3v) is 4.20. The van der Waals surface area contributed by atoms with Crippen LogP contribution in [0.15, 0.2) is 6.20 Å². The summed E-state index contributed by atoms with van der Waals surface area (Å²) in [6.45, 7) is 5.94. The van der Waals surface area contributed by atoms with Crippen LogP contribution in [0.1, 0.15) is 31.0 Å². The molecule has 110 valence electrons. The number of sulfonamides is 1. The molecule has 0 radical (unpaired) electrons. The van der Waals surface area contributed by atoms with Crippen molar-refractivity contribution in [3.8, 4) is 0 Å². The molecule has 0 saturated heterocycles. The van der Waals surface area contributed by atoms with Gasteiger partial charge < -0.3 is 5.32 Å². The first-order chi connectivity index (χ1) is 8.94. The summed E-state index contributed by atoms with van der Waals surface area (Å²) in [4.78, 5) is 0. The van der Waals surface area contributed by atoms with Crippen molar-refractivity contribution in [3.63, 3.8) is 0 Å². The van der Waals surface area contributed by atoms with Gasteiger partial charge in [0.15, 0.2) is 0 Å². The molecule has 6 nitrogen and oxygen atoms in total. The molecule has 19 heavy (non-hydrogen) atoms. The Labute approximate surface area is 115 Å². The second-order valence-corrected chi connectivity index (χ2v) is 6.58. The van der Waals surface area contributed by atoms with Gasteiger partial charge in [-0.2, -0.15) is 5.10 Å². The van der Waals surface area contributed by atoms with Crippen molar-refractivity contribution in [2.24, 2.45) is 7.05 Å². The fraction of sp³-hybridized carbons (Fsp3) is 0.750. The van der Waals surface area contributed by atoms with Crippen LogP contribution in [-0.4, -0.2) is 37.0 Å². The highest BCUT2D eigenvalue weighted by molar-refractivity contribution is 7.89. The summed E-state index contributed by atoms with van der Waals surface area (Å²) in [7, 11) is -1.38. The zero-order valence-corrected chi connectivity index (χ0v) is 12.8. The number of nitrogens with zero attached hydrogens (tertiary/aromatic N) is 2. The third-order valence-electron chi connectivity index (χ3n) is 2.79. The van der Waals surface area contributed by atoms with E-state index in [0.29, 0.717) is 13.0 Å². The predicted octanol–water partition coefficient (Wildman–Crippen LogP) is 0.538. The lowest BCUT2D eigenvalue weighted by Crippen LogP contribution is -2.28. The first-order valence-corrected chi connectivity index (χ1v) is 8.27. The van der Waals surface area contributed by atoms with E-state index >= 15 is 0 Å². The Bertz CT molecular complexity index is 482. The molecule has 0 atom stereocenters. The fourth-order valence-corrected chi connectivity index (χ4v) is 2.82. The zero-order chi connectivity index (χ0) is 14.3. The lowest BCUT2D eigenvalue weighted by molar-refractivity contribution is 0.574. The number of aryl methyl sites for hydroxylation is 2. The average molecular weight is 288 g/mol. The van der Waals surface area contributed by atoms with Crippen LogP contribution in [-0.2, 0) is 23.6 Å². The highest BCUT2D eigenvalue weighted by atomic mass is 32.2. The molecular weight excluding hydrogens is 264 g/mol. The first-order valence-electron chi connectivity index (χ1n) is 6.62. The van der Waals surface area contributed by atoms with Crippen molar-refractivity contribution in [2.45, 2.75) is 33.2 Å². The minimum absolute atomic E-state index is 0.156. The van der Waals surface area contributed by atoms with Gasteiger partial charge in [0.05, 0.1) is 11.4 Å². The Kier molecular flexibility index (Phi) is 6.47. The molecule has 1 aromatic rings. The predicted molar refractivity (Wildman–Crippen MR) is 76.3 cm³/mol. The molecule has 2 N–H and O–H groups in total. The standard InChI is InChI=1S/C12H24N4O2S/c1-4-6-13-7-5-8-19(17,18)14-9-12-10-16(3)15-11(12)2/h10,13-14H,4-9H2,1-3H3. The van der Waals surface area contributed by atoms with Crippen LogP contribution in [0.3, 0.4) is 0 Å². The van der Waals surface area contributed by atoms with Crippen molar-refractivity contribution in [1.29, 1.82) is 0 Å². The van der Waals surface area contributed by atoms with E-state index in [1.165, 1.54) is 0 Å². The highest BCUT2D eigenvalue weighted by Crippen LogP contribution is 2.04. The monoisotopic (exact) mass is 288 g/mol. The van der Waals surface area contributed by atoms with E-state index in [1.807, 2.05) is 20.2 Å². The first kappa shape index (κ1) is 16.1. The highest BCUT2D eigenvalue weighted by Gasteiger charge is 2.11. The molecule has 0 amide bonds. The summed E-state index contributed by atoms with van der Waals surface area (Å²) < 4.78 is 27.9. The van der Waals surface area contributed by atoms with Crippen molar-refractivity contribution in [2.75, 3.05) is 18.8 Å². The maximum absolute atomic E-state index is 11.8. The van der Waals surface area contributed by atoms with Gasteiger partial charge in [0.2, 0.25) is 10.0 Å². The van der Waals surface area contributed by atoms with Crippen LogP contribution in [0.5, 0.6) is 0 Å². The van der Waals surface area contributed by atoms with E-state index in [0.717, 1.165) is 30.8 Å². The van der Waals surface area contributed by atoms with Crippen LogP contribution in [0.4, 0.5) is 0 Å². The molecule has 1 heterocycles. The van der Waals surface area contributed by atoms with Crippen LogP contribution >= 0.6 is 0 Å². The average Bonchev–Trinajstić information content (AvgIpc) is 2.65. The minimum atomic E-state index is -3.20. The van der Waals surface area contributed by atoms with Gasteiger partial charge in [0, 0.05) is 25.4 Å². The van der Waals surface area contributed by atoms with Gasteiger partial charge >= 0.3 is 0 Å². The second-order valence-electron chi connectivity index (χ2n) is 4.66. The maximum Gasteiger partial charge on any atom is 0.211 e. The van der Waals surface area contributed by atoms with Crippen molar-refractivity contribution in [1.82, 2.24) is 19.8 Å². The Morgan fingerprint density at radius 3 is 2.68 bits per heavy atom. The Morgan fingerprint density at radius 1 is 1.37 bits per heavy atom. The lowest BCUT2D eigenvalue weighted by atomic mass is 10.3. The molecular formula is C12H24N4O2S. The van der Waals surface area contributed by atoms with Crippen LogP contribution in [0.2, 0.25) is 0 Å². The Morgan fingerprint density at radius 2 is 2.11 bits per heavy atom. The smallest absolute Gasteiger partial charge is 0.211 e.